The fourth-order valence-electron chi connectivity index (χ4n) is 2.43. The van der Waals surface area contributed by atoms with Gasteiger partial charge in [0.05, 0.1) is 5.60 Å². The smallest absolute Gasteiger partial charge is 0.0645 e. The van der Waals surface area contributed by atoms with Crippen molar-refractivity contribution in [2.75, 3.05) is 0 Å². The van der Waals surface area contributed by atoms with Crippen molar-refractivity contribution >= 4 is 0 Å². The Kier molecular flexibility index (Phi) is 9.91. The Hall–Kier alpha value is -0.0400. The maximum atomic E-state index is 10.2. The van der Waals surface area contributed by atoms with Crippen LogP contribution in [0.1, 0.15) is 85.0 Å². The average molecular weight is 241 g/mol. The Morgan fingerprint density at radius 3 is 2.18 bits per heavy atom. The monoisotopic (exact) mass is 241 g/mol. The van der Waals surface area contributed by atoms with Gasteiger partial charge in [-0.15, -0.1) is 0 Å². The van der Waals surface area contributed by atoms with Gasteiger partial charge in [-0.3, -0.25) is 0 Å². The van der Waals surface area contributed by atoms with E-state index in [-0.39, 0.29) is 0 Å². The maximum absolute atomic E-state index is 10.2. The van der Waals surface area contributed by atoms with Crippen LogP contribution in [0.4, 0.5) is 0 Å². The summed E-state index contributed by atoms with van der Waals surface area (Å²) >= 11 is 0. The zero-order valence-electron chi connectivity index (χ0n) is 12.3. The van der Waals surface area contributed by atoms with E-state index in [4.69, 9.17) is 0 Å². The van der Waals surface area contributed by atoms with Crippen LogP contribution in [-0.4, -0.2) is 10.7 Å². The summed E-state index contributed by atoms with van der Waals surface area (Å²) in [5.41, 5.74) is -0.498. The van der Waals surface area contributed by atoms with E-state index in [1.54, 1.807) is 0 Å². The summed E-state index contributed by atoms with van der Waals surface area (Å²) in [4.78, 5) is 0. The van der Waals surface area contributed by atoms with Gasteiger partial charge >= 0.3 is 0 Å². The molecule has 0 fully saturated rings. The van der Waals surface area contributed by atoms with Gasteiger partial charge in [0.25, 0.3) is 0 Å². The summed E-state index contributed by atoms with van der Waals surface area (Å²) in [5, 5.41) is 10.2. The number of hydrogen-bond donors (Lipinski definition) is 1. The van der Waals surface area contributed by atoms with Crippen LogP contribution < -0.4 is 0 Å². The second-order valence-electron chi connectivity index (χ2n) is 5.49. The molecule has 0 amide bonds. The van der Waals surface area contributed by atoms with Crippen LogP contribution in [0.2, 0.25) is 0 Å². The van der Waals surface area contributed by atoms with Crippen molar-refractivity contribution in [1.29, 1.82) is 0 Å². The average Bonchev–Trinajstić information content (AvgIpc) is 2.36. The first-order valence-corrected chi connectivity index (χ1v) is 7.63. The minimum absolute atomic E-state index is 0.498. The fraction of sp³-hybridized carbons (Fsp3) is 0.938. The highest BCUT2D eigenvalue weighted by molar-refractivity contribution is 4.78. The van der Waals surface area contributed by atoms with Crippen LogP contribution in [0, 0.1) is 12.8 Å². The normalized spacial score (nSPS) is 13.9. The van der Waals surface area contributed by atoms with Crippen molar-refractivity contribution < 1.29 is 5.11 Å². The molecule has 1 N–H and O–H groups in total. The lowest BCUT2D eigenvalue weighted by atomic mass is 9.87. The molecule has 0 aromatic rings. The second kappa shape index (κ2) is 9.94. The second-order valence-corrected chi connectivity index (χ2v) is 5.49. The van der Waals surface area contributed by atoms with Gasteiger partial charge in [0.15, 0.2) is 0 Å². The lowest BCUT2D eigenvalue weighted by molar-refractivity contribution is 0.0260. The first-order valence-electron chi connectivity index (χ1n) is 7.63. The number of hydrogen-bond acceptors (Lipinski definition) is 1. The van der Waals surface area contributed by atoms with Crippen LogP contribution >= 0.6 is 0 Å². The molecule has 0 saturated heterocycles. The van der Waals surface area contributed by atoms with Gasteiger partial charge in [0, 0.05) is 0 Å². The fourth-order valence-corrected chi connectivity index (χ4v) is 2.43. The van der Waals surface area contributed by atoms with Crippen molar-refractivity contribution in [2.24, 2.45) is 5.92 Å². The van der Waals surface area contributed by atoms with Gasteiger partial charge in [-0.1, -0.05) is 72.6 Å². The lowest BCUT2D eigenvalue weighted by Crippen LogP contribution is -2.26. The van der Waals surface area contributed by atoms with E-state index in [1.807, 2.05) is 0 Å². The van der Waals surface area contributed by atoms with Crippen LogP contribution in [-0.2, 0) is 0 Å². The largest absolute Gasteiger partial charge is 0.390 e. The highest BCUT2D eigenvalue weighted by Crippen LogP contribution is 2.26. The molecule has 2 unspecified atom stereocenters. The van der Waals surface area contributed by atoms with Crippen LogP contribution in [0.3, 0.4) is 0 Å². The van der Waals surface area contributed by atoms with Gasteiger partial charge in [-0.05, 0) is 25.2 Å². The molecule has 2 atom stereocenters. The number of rotatable bonds is 11. The molecule has 0 heterocycles. The Balaban J connectivity index is 3.75. The molecule has 103 valence electrons. The molecule has 0 saturated carbocycles. The van der Waals surface area contributed by atoms with E-state index in [2.05, 4.69) is 27.7 Å². The molecule has 0 aromatic heterocycles. The van der Waals surface area contributed by atoms with E-state index < -0.39 is 5.60 Å². The van der Waals surface area contributed by atoms with Gasteiger partial charge in [0.1, 0.15) is 0 Å². The molecule has 1 radical (unpaired) electrons. The van der Waals surface area contributed by atoms with Gasteiger partial charge in [0.2, 0.25) is 0 Å². The van der Waals surface area contributed by atoms with Gasteiger partial charge in [-0.25, -0.2) is 0 Å². The van der Waals surface area contributed by atoms with E-state index >= 15 is 0 Å². The Bertz CT molecular complexity index is 161. The molecule has 0 rings (SSSR count). The van der Waals surface area contributed by atoms with E-state index in [1.165, 1.54) is 38.5 Å². The van der Waals surface area contributed by atoms with E-state index in [9.17, 15) is 5.11 Å². The van der Waals surface area contributed by atoms with Crippen molar-refractivity contribution in [2.45, 2.75) is 90.6 Å². The summed E-state index contributed by atoms with van der Waals surface area (Å²) in [6.45, 7) is 10.5. The van der Waals surface area contributed by atoms with Crippen molar-refractivity contribution in [3.8, 4) is 0 Å². The zero-order chi connectivity index (χ0) is 13.1. The minimum atomic E-state index is -0.498. The molecule has 1 heteroatoms. The van der Waals surface area contributed by atoms with Crippen LogP contribution in [0.15, 0.2) is 0 Å². The third-order valence-corrected chi connectivity index (χ3v) is 4.17. The molecule has 0 aromatic carbocycles. The highest BCUT2D eigenvalue weighted by Gasteiger charge is 2.21. The maximum Gasteiger partial charge on any atom is 0.0645 e. The molecule has 0 aliphatic heterocycles. The van der Waals surface area contributed by atoms with E-state index in [0.29, 0.717) is 6.42 Å². The zero-order valence-corrected chi connectivity index (χ0v) is 12.3. The molecule has 17 heavy (non-hydrogen) atoms. The number of unbranched alkanes of at least 4 members (excludes halogenated alkanes) is 2. The summed E-state index contributed by atoms with van der Waals surface area (Å²) in [6, 6.07) is 0. The van der Waals surface area contributed by atoms with Gasteiger partial charge < -0.3 is 5.11 Å². The first-order chi connectivity index (χ1) is 8.11. The summed E-state index contributed by atoms with van der Waals surface area (Å²) in [6.07, 6.45) is 11.6. The summed E-state index contributed by atoms with van der Waals surface area (Å²) in [5.74, 6) is 0.868. The van der Waals surface area contributed by atoms with E-state index in [0.717, 1.165) is 25.2 Å². The Labute approximate surface area is 109 Å². The summed E-state index contributed by atoms with van der Waals surface area (Å²) in [7, 11) is 0. The highest BCUT2D eigenvalue weighted by atomic mass is 16.3. The predicted molar refractivity (Wildman–Crippen MR) is 77.0 cm³/mol. The van der Waals surface area contributed by atoms with Gasteiger partial charge in [-0.2, -0.15) is 0 Å². The molecule has 0 aliphatic rings. The molecule has 0 spiro atoms. The standard InChI is InChI=1S/C16H33O/c1-5-9-10-12-15(6-2)13-11-14-16(17,7-3)8-4/h15,17H,3,5-14H2,1-2,4H3. The molecular formula is C16H33O. The Morgan fingerprint density at radius 1 is 1.06 bits per heavy atom. The van der Waals surface area contributed by atoms with Crippen LogP contribution in [0.5, 0.6) is 0 Å². The first kappa shape index (κ1) is 17.0. The third kappa shape index (κ3) is 7.81. The quantitative estimate of drug-likeness (QED) is 0.497. The molecule has 0 aliphatic carbocycles. The topological polar surface area (TPSA) is 20.2 Å². The third-order valence-electron chi connectivity index (χ3n) is 4.17. The molecule has 0 bridgehead atoms. The minimum Gasteiger partial charge on any atom is -0.390 e. The number of aliphatic hydroxyl groups is 1. The SMILES string of the molecule is [CH2]CC(O)(CC)CCCC(CC)CCCCC. The molecule has 1 nitrogen and oxygen atoms in total. The molecular weight excluding hydrogens is 208 g/mol. The van der Waals surface area contributed by atoms with Crippen molar-refractivity contribution in [1.82, 2.24) is 0 Å². The lowest BCUT2D eigenvalue weighted by Gasteiger charge is -2.26. The Morgan fingerprint density at radius 2 is 1.71 bits per heavy atom. The predicted octanol–water partition coefficient (Wildman–Crippen LogP) is 5.13. The summed E-state index contributed by atoms with van der Waals surface area (Å²) < 4.78 is 0. The van der Waals surface area contributed by atoms with Crippen molar-refractivity contribution in [3.05, 3.63) is 6.92 Å². The van der Waals surface area contributed by atoms with Crippen LogP contribution in [0.25, 0.3) is 0 Å². The van der Waals surface area contributed by atoms with Crippen molar-refractivity contribution in [3.63, 3.8) is 0 Å².